The Kier molecular flexibility index (Phi) is 6.10. The van der Waals surface area contributed by atoms with Crippen LogP contribution < -0.4 is 10.1 Å². The number of rotatable bonds is 6. The Labute approximate surface area is 210 Å². The summed E-state index contributed by atoms with van der Waals surface area (Å²) in [6.45, 7) is 3.54. The van der Waals surface area contributed by atoms with Gasteiger partial charge >= 0.3 is 0 Å². The monoisotopic (exact) mass is 505 g/mol. The molecule has 3 heterocycles. The standard InChI is InChI=1S/C25H20ClN5O3S/c1-14-11-21(28-24(32)22-15(2)34-30-23(22)18-9-4-5-10-19(18)26)31(29-14)25-27-20(13-35-25)16-7-6-8-17(12-16)33-3/h4-13H,1-3H3,(H,28,32). The molecule has 3 aromatic heterocycles. The highest BCUT2D eigenvalue weighted by Crippen LogP contribution is 2.32. The van der Waals surface area contributed by atoms with Crippen molar-refractivity contribution in [3.8, 4) is 33.4 Å². The summed E-state index contributed by atoms with van der Waals surface area (Å²) in [5.74, 6) is 1.22. The van der Waals surface area contributed by atoms with E-state index in [-0.39, 0.29) is 5.91 Å². The van der Waals surface area contributed by atoms with E-state index < -0.39 is 0 Å². The summed E-state index contributed by atoms with van der Waals surface area (Å²) >= 11 is 7.76. The van der Waals surface area contributed by atoms with Gasteiger partial charge < -0.3 is 14.6 Å². The largest absolute Gasteiger partial charge is 0.497 e. The third kappa shape index (κ3) is 4.43. The quantitative estimate of drug-likeness (QED) is 0.296. The zero-order chi connectivity index (χ0) is 24.5. The molecule has 35 heavy (non-hydrogen) atoms. The predicted molar refractivity (Wildman–Crippen MR) is 136 cm³/mol. The Hall–Kier alpha value is -3.95. The molecule has 1 N–H and O–H groups in total. The average molecular weight is 506 g/mol. The van der Waals surface area contributed by atoms with Crippen molar-refractivity contribution >= 4 is 34.7 Å². The van der Waals surface area contributed by atoms with Crippen molar-refractivity contribution < 1.29 is 14.1 Å². The van der Waals surface area contributed by atoms with Crippen LogP contribution in [-0.2, 0) is 0 Å². The second-order valence-electron chi connectivity index (χ2n) is 7.73. The molecule has 0 spiro atoms. The van der Waals surface area contributed by atoms with E-state index in [9.17, 15) is 4.79 Å². The molecule has 0 bridgehead atoms. The van der Waals surface area contributed by atoms with Gasteiger partial charge in [0.1, 0.15) is 28.6 Å². The number of methoxy groups -OCH3 is 1. The molecule has 176 valence electrons. The van der Waals surface area contributed by atoms with Crippen LogP contribution in [-0.4, -0.2) is 32.9 Å². The van der Waals surface area contributed by atoms with Crippen LogP contribution in [0.2, 0.25) is 5.02 Å². The third-order valence-electron chi connectivity index (χ3n) is 5.33. The van der Waals surface area contributed by atoms with E-state index in [2.05, 4.69) is 15.6 Å². The Morgan fingerprint density at radius 1 is 1.14 bits per heavy atom. The lowest BCUT2D eigenvalue weighted by Gasteiger charge is -2.08. The number of nitrogens with zero attached hydrogens (tertiary/aromatic N) is 4. The van der Waals surface area contributed by atoms with Gasteiger partial charge in [-0.15, -0.1) is 11.3 Å². The van der Waals surface area contributed by atoms with Gasteiger partial charge in [-0.2, -0.15) is 9.78 Å². The van der Waals surface area contributed by atoms with E-state index in [0.717, 1.165) is 22.7 Å². The first-order chi connectivity index (χ1) is 16.9. The maximum Gasteiger partial charge on any atom is 0.262 e. The molecule has 0 aliphatic carbocycles. The fraction of sp³-hybridized carbons (Fsp3) is 0.120. The maximum atomic E-state index is 13.4. The predicted octanol–water partition coefficient (Wildman–Crippen LogP) is 6.18. The number of halogens is 1. The van der Waals surface area contributed by atoms with Crippen molar-refractivity contribution in [2.24, 2.45) is 0 Å². The second-order valence-corrected chi connectivity index (χ2v) is 8.97. The molecule has 0 aliphatic heterocycles. The number of aryl methyl sites for hydroxylation is 2. The van der Waals surface area contributed by atoms with Crippen LogP contribution in [0.15, 0.2) is 64.5 Å². The number of thiazole rings is 1. The van der Waals surface area contributed by atoms with Gasteiger partial charge in [0.2, 0.25) is 5.13 Å². The maximum absolute atomic E-state index is 13.4. The normalized spacial score (nSPS) is 11.0. The van der Waals surface area contributed by atoms with Crippen LogP contribution in [0.4, 0.5) is 5.82 Å². The summed E-state index contributed by atoms with van der Waals surface area (Å²) in [5.41, 5.74) is 3.73. The van der Waals surface area contributed by atoms with E-state index in [4.69, 9.17) is 25.8 Å². The summed E-state index contributed by atoms with van der Waals surface area (Å²) < 4.78 is 12.3. The van der Waals surface area contributed by atoms with Gasteiger partial charge in [0, 0.05) is 22.6 Å². The lowest BCUT2D eigenvalue weighted by Crippen LogP contribution is -2.16. The van der Waals surface area contributed by atoms with Crippen molar-refractivity contribution in [3.05, 3.63) is 82.0 Å². The van der Waals surface area contributed by atoms with Crippen LogP contribution >= 0.6 is 22.9 Å². The molecule has 5 aromatic rings. The molecule has 0 unspecified atom stereocenters. The molecule has 0 atom stereocenters. The van der Waals surface area contributed by atoms with E-state index in [1.54, 1.807) is 36.9 Å². The van der Waals surface area contributed by atoms with Crippen molar-refractivity contribution in [2.45, 2.75) is 13.8 Å². The Balaban J connectivity index is 1.47. The molecule has 2 aromatic carbocycles. The van der Waals surface area contributed by atoms with Gasteiger partial charge in [-0.3, -0.25) is 4.79 Å². The molecule has 0 radical (unpaired) electrons. The number of hydrogen-bond acceptors (Lipinski definition) is 7. The molecule has 10 heteroatoms. The van der Waals surface area contributed by atoms with Crippen LogP contribution in [0.3, 0.4) is 0 Å². The Morgan fingerprint density at radius 3 is 2.77 bits per heavy atom. The number of nitrogens with one attached hydrogen (secondary N) is 1. The first-order valence-corrected chi connectivity index (χ1v) is 11.9. The molecule has 8 nitrogen and oxygen atoms in total. The zero-order valence-corrected chi connectivity index (χ0v) is 20.6. The SMILES string of the molecule is COc1cccc(-c2csc(-n3nc(C)cc3NC(=O)c3c(-c4ccccc4Cl)noc3C)n2)c1. The topological polar surface area (TPSA) is 95.1 Å². The average Bonchev–Trinajstić information content (AvgIpc) is 3.58. The molecule has 0 saturated carbocycles. The lowest BCUT2D eigenvalue weighted by molar-refractivity contribution is 0.102. The van der Waals surface area contributed by atoms with Gasteiger partial charge in [0.15, 0.2) is 0 Å². The highest BCUT2D eigenvalue weighted by atomic mass is 35.5. The van der Waals surface area contributed by atoms with Crippen LogP contribution in [0, 0.1) is 13.8 Å². The third-order valence-corrected chi connectivity index (χ3v) is 6.48. The number of carbonyl (C=O) groups is 1. The fourth-order valence-corrected chi connectivity index (χ4v) is 4.69. The molecular weight excluding hydrogens is 486 g/mol. The van der Waals surface area contributed by atoms with Crippen LogP contribution in [0.25, 0.3) is 27.6 Å². The minimum atomic E-state index is -0.385. The second kappa shape index (κ2) is 9.36. The minimum Gasteiger partial charge on any atom is -0.497 e. The molecule has 0 saturated heterocycles. The van der Waals surface area contributed by atoms with Crippen LogP contribution in [0.5, 0.6) is 5.75 Å². The number of anilines is 1. The molecule has 1 amide bonds. The summed E-state index contributed by atoms with van der Waals surface area (Å²) in [4.78, 5) is 18.1. The van der Waals surface area contributed by atoms with Gasteiger partial charge in [0.25, 0.3) is 5.91 Å². The smallest absolute Gasteiger partial charge is 0.262 e. The van der Waals surface area contributed by atoms with Crippen molar-refractivity contribution in [2.75, 3.05) is 12.4 Å². The Bertz CT molecular complexity index is 1540. The number of ether oxygens (including phenoxy) is 1. The first-order valence-electron chi connectivity index (χ1n) is 10.6. The number of benzene rings is 2. The van der Waals surface area contributed by atoms with E-state index in [1.807, 2.05) is 48.7 Å². The molecule has 5 rings (SSSR count). The number of aromatic nitrogens is 4. The van der Waals surface area contributed by atoms with Gasteiger partial charge in [0.05, 0.1) is 23.5 Å². The summed E-state index contributed by atoms with van der Waals surface area (Å²) in [6.07, 6.45) is 0. The molecular formula is C25H20ClN5O3S. The number of amides is 1. The van der Waals surface area contributed by atoms with Gasteiger partial charge in [-0.1, -0.05) is 47.1 Å². The van der Waals surface area contributed by atoms with Gasteiger partial charge in [-0.05, 0) is 32.0 Å². The lowest BCUT2D eigenvalue weighted by atomic mass is 10.1. The molecule has 0 fully saturated rings. The zero-order valence-electron chi connectivity index (χ0n) is 19.1. The van der Waals surface area contributed by atoms with Crippen LogP contribution in [0.1, 0.15) is 21.8 Å². The summed E-state index contributed by atoms with van der Waals surface area (Å²) in [7, 11) is 1.63. The minimum absolute atomic E-state index is 0.305. The Morgan fingerprint density at radius 2 is 1.97 bits per heavy atom. The van der Waals surface area contributed by atoms with Crippen molar-refractivity contribution in [1.82, 2.24) is 19.9 Å². The number of hydrogen-bond donors (Lipinski definition) is 1. The van der Waals surface area contributed by atoms with Gasteiger partial charge in [-0.25, -0.2) is 4.98 Å². The van der Waals surface area contributed by atoms with Crippen molar-refractivity contribution in [1.29, 1.82) is 0 Å². The van der Waals surface area contributed by atoms with E-state index >= 15 is 0 Å². The highest BCUT2D eigenvalue weighted by Gasteiger charge is 2.24. The highest BCUT2D eigenvalue weighted by molar-refractivity contribution is 7.12. The fourth-order valence-electron chi connectivity index (χ4n) is 3.67. The molecule has 0 aliphatic rings. The summed E-state index contributed by atoms with van der Waals surface area (Å²) in [6, 6.07) is 16.6. The van der Waals surface area contributed by atoms with E-state index in [1.165, 1.54) is 11.3 Å². The van der Waals surface area contributed by atoms with E-state index in [0.29, 0.717) is 38.6 Å². The summed E-state index contributed by atoms with van der Waals surface area (Å²) in [5, 5.41) is 14.6. The number of carbonyl (C=O) groups excluding carboxylic acids is 1. The van der Waals surface area contributed by atoms with Crippen molar-refractivity contribution in [3.63, 3.8) is 0 Å². The first kappa shape index (κ1) is 22.8.